The van der Waals surface area contributed by atoms with Crippen molar-refractivity contribution in [2.75, 3.05) is 48.3 Å². The van der Waals surface area contributed by atoms with Crippen LogP contribution < -0.4 is 15.5 Å². The maximum absolute atomic E-state index is 12.4. The van der Waals surface area contributed by atoms with E-state index in [1.807, 2.05) is 12.1 Å². The summed E-state index contributed by atoms with van der Waals surface area (Å²) in [5, 5.41) is 14.3. The van der Waals surface area contributed by atoms with Crippen LogP contribution in [0.3, 0.4) is 0 Å². The zero-order valence-corrected chi connectivity index (χ0v) is 15.5. The fourth-order valence-corrected chi connectivity index (χ4v) is 2.77. The first-order valence-corrected chi connectivity index (χ1v) is 8.38. The van der Waals surface area contributed by atoms with Crippen molar-refractivity contribution in [2.45, 2.75) is 0 Å². The minimum absolute atomic E-state index is 0. The third kappa shape index (κ3) is 5.75. The van der Waals surface area contributed by atoms with E-state index >= 15 is 0 Å². The molecule has 27 heavy (non-hydrogen) atoms. The van der Waals surface area contributed by atoms with Gasteiger partial charge >= 0.3 is 12.0 Å². The van der Waals surface area contributed by atoms with Crippen LogP contribution in [0.2, 0.25) is 0 Å². The zero-order valence-electron chi connectivity index (χ0n) is 14.7. The zero-order chi connectivity index (χ0) is 18.4. The van der Waals surface area contributed by atoms with Crippen LogP contribution in [0.1, 0.15) is 0 Å². The second-order valence-electron chi connectivity index (χ2n) is 5.93. The normalized spacial score (nSPS) is 13.5. The van der Waals surface area contributed by atoms with Crippen molar-refractivity contribution in [3.05, 3.63) is 48.8 Å². The predicted molar refractivity (Wildman–Crippen MR) is 107 cm³/mol. The molecular weight excluding hydrogens is 370 g/mol. The number of hydrogen-bond donors (Lipinski definition) is 3. The molecule has 0 unspecified atom stereocenters. The number of aromatic nitrogens is 1. The number of carboxylic acid groups (broad SMARTS) is 1. The molecule has 0 spiro atoms. The molecule has 9 heteroatoms. The molecule has 2 heterocycles. The number of pyridine rings is 1. The summed E-state index contributed by atoms with van der Waals surface area (Å²) in [5.74, 6) is -0.923. The van der Waals surface area contributed by atoms with Crippen molar-refractivity contribution >= 4 is 41.5 Å². The lowest BCUT2D eigenvalue weighted by Crippen LogP contribution is -2.50. The van der Waals surface area contributed by atoms with Gasteiger partial charge in [-0.3, -0.25) is 9.78 Å². The first kappa shape index (κ1) is 20.3. The minimum Gasteiger partial charge on any atom is -0.480 e. The van der Waals surface area contributed by atoms with Crippen LogP contribution in [0.4, 0.5) is 21.9 Å². The number of urea groups is 1. The highest BCUT2D eigenvalue weighted by atomic mass is 35.5. The van der Waals surface area contributed by atoms with E-state index in [-0.39, 0.29) is 25.0 Å². The molecule has 3 rings (SSSR count). The fourth-order valence-electron chi connectivity index (χ4n) is 2.77. The third-order valence-corrected chi connectivity index (χ3v) is 4.17. The first-order valence-electron chi connectivity index (χ1n) is 8.38. The average Bonchev–Trinajstić information content (AvgIpc) is 2.68. The largest absolute Gasteiger partial charge is 0.480 e. The van der Waals surface area contributed by atoms with Crippen molar-refractivity contribution in [1.29, 1.82) is 0 Å². The molecule has 3 N–H and O–H groups in total. The molecule has 1 aliphatic heterocycles. The van der Waals surface area contributed by atoms with Gasteiger partial charge in [0, 0.05) is 55.6 Å². The van der Waals surface area contributed by atoms with Crippen LogP contribution in [0.5, 0.6) is 0 Å². The third-order valence-electron chi connectivity index (χ3n) is 4.17. The number of amides is 2. The summed E-state index contributed by atoms with van der Waals surface area (Å²) in [6.45, 7) is 2.69. The van der Waals surface area contributed by atoms with Crippen molar-refractivity contribution in [3.8, 4) is 0 Å². The molecule has 0 atom stereocenters. The lowest BCUT2D eigenvalue weighted by molar-refractivity contribution is -0.134. The van der Waals surface area contributed by atoms with E-state index in [1.54, 1.807) is 41.6 Å². The van der Waals surface area contributed by atoms with Gasteiger partial charge in [-0.1, -0.05) is 0 Å². The maximum atomic E-state index is 12.4. The summed E-state index contributed by atoms with van der Waals surface area (Å²) in [6.07, 6.45) is 3.53. The van der Waals surface area contributed by atoms with Gasteiger partial charge in [0.2, 0.25) is 0 Å². The number of carbonyl (C=O) groups is 2. The Labute approximate surface area is 163 Å². The molecule has 2 amide bonds. The highest BCUT2D eigenvalue weighted by Crippen LogP contribution is 2.17. The number of nitrogens with zero attached hydrogens (tertiary/aromatic N) is 3. The predicted octanol–water partition coefficient (Wildman–Crippen LogP) is 2.35. The first-order chi connectivity index (χ1) is 12.6. The number of carbonyl (C=O) groups excluding carboxylic acids is 1. The number of hydrogen-bond acceptors (Lipinski definition) is 5. The molecule has 8 nitrogen and oxygen atoms in total. The summed E-state index contributed by atoms with van der Waals surface area (Å²) in [6, 6.07) is 10.8. The Kier molecular flexibility index (Phi) is 7.25. The van der Waals surface area contributed by atoms with Gasteiger partial charge in [0.15, 0.2) is 0 Å². The minimum atomic E-state index is -0.923. The second kappa shape index (κ2) is 9.63. The van der Waals surface area contributed by atoms with Crippen molar-refractivity contribution in [2.24, 2.45) is 0 Å². The van der Waals surface area contributed by atoms with Gasteiger partial charge < -0.3 is 25.5 Å². The number of benzene rings is 1. The highest BCUT2D eigenvalue weighted by Gasteiger charge is 2.21. The smallest absolute Gasteiger partial charge is 0.322 e. The Morgan fingerprint density at radius 1 is 0.963 bits per heavy atom. The monoisotopic (exact) mass is 391 g/mol. The molecule has 1 aromatic carbocycles. The molecule has 1 saturated heterocycles. The van der Waals surface area contributed by atoms with Crippen molar-refractivity contribution in [1.82, 2.24) is 9.88 Å². The Hall–Kier alpha value is -3.00. The number of rotatable bonds is 5. The molecule has 0 radical (unpaired) electrons. The Balaban J connectivity index is 0.00000261. The van der Waals surface area contributed by atoms with Crippen LogP contribution in [-0.2, 0) is 4.79 Å². The van der Waals surface area contributed by atoms with Gasteiger partial charge in [-0.05, 0) is 36.4 Å². The maximum Gasteiger partial charge on any atom is 0.322 e. The van der Waals surface area contributed by atoms with Crippen LogP contribution >= 0.6 is 12.4 Å². The lowest BCUT2D eigenvalue weighted by Gasteiger charge is -2.36. The number of anilines is 3. The van der Waals surface area contributed by atoms with Crippen LogP contribution in [-0.4, -0.2) is 59.7 Å². The molecule has 1 aromatic heterocycles. The van der Waals surface area contributed by atoms with Gasteiger partial charge in [0.05, 0.1) is 0 Å². The van der Waals surface area contributed by atoms with E-state index in [4.69, 9.17) is 5.11 Å². The van der Waals surface area contributed by atoms with Crippen LogP contribution in [0.15, 0.2) is 48.8 Å². The van der Waals surface area contributed by atoms with Gasteiger partial charge in [-0.2, -0.15) is 0 Å². The van der Waals surface area contributed by atoms with E-state index in [9.17, 15) is 9.59 Å². The Morgan fingerprint density at radius 3 is 2.15 bits per heavy atom. The van der Waals surface area contributed by atoms with Gasteiger partial charge in [-0.25, -0.2) is 4.79 Å². The number of carboxylic acids is 1. The molecule has 0 aliphatic carbocycles. The van der Waals surface area contributed by atoms with Gasteiger partial charge in [-0.15, -0.1) is 12.4 Å². The second-order valence-corrected chi connectivity index (χ2v) is 5.93. The summed E-state index contributed by atoms with van der Waals surface area (Å²) < 4.78 is 0. The molecule has 0 bridgehead atoms. The number of piperazine rings is 1. The van der Waals surface area contributed by atoms with E-state index < -0.39 is 5.97 Å². The number of aliphatic carboxylic acids is 1. The van der Waals surface area contributed by atoms with E-state index in [0.717, 1.165) is 18.8 Å². The Morgan fingerprint density at radius 2 is 1.56 bits per heavy atom. The summed E-state index contributed by atoms with van der Waals surface area (Å²) in [4.78, 5) is 31.0. The van der Waals surface area contributed by atoms with Crippen molar-refractivity contribution < 1.29 is 14.7 Å². The highest BCUT2D eigenvalue weighted by molar-refractivity contribution is 5.89. The molecule has 144 valence electrons. The van der Waals surface area contributed by atoms with Crippen molar-refractivity contribution in [3.63, 3.8) is 0 Å². The fraction of sp³-hybridized carbons (Fsp3) is 0.278. The van der Waals surface area contributed by atoms with Gasteiger partial charge in [0.25, 0.3) is 0 Å². The van der Waals surface area contributed by atoms with E-state index in [2.05, 4.69) is 20.5 Å². The lowest BCUT2D eigenvalue weighted by atomic mass is 10.2. The molecule has 0 saturated carbocycles. The summed E-state index contributed by atoms with van der Waals surface area (Å²) in [5.41, 5.74) is 2.48. The topological polar surface area (TPSA) is 97.8 Å². The van der Waals surface area contributed by atoms with Crippen LogP contribution in [0.25, 0.3) is 0 Å². The van der Waals surface area contributed by atoms with Crippen LogP contribution in [0, 0.1) is 0 Å². The SMILES string of the molecule is Cl.O=C(O)CNc1ccc(NC(=O)N2CCN(c3ccncc3)CC2)cc1. The van der Waals surface area contributed by atoms with E-state index in [1.165, 1.54) is 0 Å². The van der Waals surface area contributed by atoms with E-state index in [0.29, 0.717) is 24.5 Å². The molecular formula is C18H22ClN5O3. The standard InChI is InChI=1S/C18H21N5O3.ClH/c24-17(25)13-20-14-1-3-15(4-2-14)21-18(26)23-11-9-22(10-12-23)16-5-7-19-8-6-16;/h1-8,20H,9-13H2,(H,21,26)(H,24,25);1H. The molecule has 2 aromatic rings. The summed E-state index contributed by atoms with van der Waals surface area (Å²) in [7, 11) is 0. The summed E-state index contributed by atoms with van der Waals surface area (Å²) >= 11 is 0. The number of halogens is 1. The number of nitrogens with one attached hydrogen (secondary N) is 2. The van der Waals surface area contributed by atoms with Gasteiger partial charge in [0.1, 0.15) is 6.54 Å². The average molecular weight is 392 g/mol. The quantitative estimate of drug-likeness (QED) is 0.723. The molecule has 1 fully saturated rings. The molecule has 1 aliphatic rings. The Bertz CT molecular complexity index is 749.